The summed E-state index contributed by atoms with van der Waals surface area (Å²) in [4.78, 5) is 0. The Labute approximate surface area is 83.5 Å². The van der Waals surface area contributed by atoms with E-state index < -0.39 is 6.10 Å². The summed E-state index contributed by atoms with van der Waals surface area (Å²) in [6, 6.07) is 9.94. The SMILES string of the molecule is C[C@H](O)C(Cl)NCc1ccccc1. The number of aliphatic hydroxyl groups is 1. The van der Waals surface area contributed by atoms with E-state index in [1.165, 1.54) is 0 Å². The zero-order chi connectivity index (χ0) is 9.68. The zero-order valence-corrected chi connectivity index (χ0v) is 8.33. The van der Waals surface area contributed by atoms with Crippen molar-refractivity contribution >= 4 is 11.6 Å². The van der Waals surface area contributed by atoms with Crippen LogP contribution in [0.3, 0.4) is 0 Å². The fraction of sp³-hybridized carbons (Fsp3) is 0.400. The maximum Gasteiger partial charge on any atom is 0.109 e. The highest BCUT2D eigenvalue weighted by Crippen LogP contribution is 2.02. The third-order valence-electron chi connectivity index (χ3n) is 1.77. The van der Waals surface area contributed by atoms with Crippen molar-refractivity contribution in [3.63, 3.8) is 0 Å². The van der Waals surface area contributed by atoms with Gasteiger partial charge >= 0.3 is 0 Å². The Morgan fingerprint density at radius 2 is 2.00 bits per heavy atom. The summed E-state index contributed by atoms with van der Waals surface area (Å²) in [7, 11) is 0. The van der Waals surface area contributed by atoms with E-state index in [4.69, 9.17) is 16.7 Å². The Hall–Kier alpha value is -0.570. The van der Waals surface area contributed by atoms with E-state index in [-0.39, 0.29) is 5.50 Å². The fourth-order valence-corrected chi connectivity index (χ4v) is 1.06. The molecule has 0 aromatic heterocycles. The average molecular weight is 200 g/mol. The van der Waals surface area contributed by atoms with Gasteiger partial charge in [0, 0.05) is 6.54 Å². The number of rotatable bonds is 4. The average Bonchev–Trinajstić information content (AvgIpc) is 2.15. The minimum Gasteiger partial charge on any atom is -0.390 e. The third kappa shape index (κ3) is 3.77. The lowest BCUT2D eigenvalue weighted by Gasteiger charge is -2.14. The first-order valence-corrected chi connectivity index (χ1v) is 4.73. The molecule has 2 nitrogen and oxygen atoms in total. The molecule has 2 N–H and O–H groups in total. The van der Waals surface area contributed by atoms with Crippen LogP contribution in [-0.4, -0.2) is 16.7 Å². The van der Waals surface area contributed by atoms with Crippen LogP contribution in [-0.2, 0) is 6.54 Å². The van der Waals surface area contributed by atoms with Gasteiger partial charge < -0.3 is 5.11 Å². The molecule has 0 aliphatic rings. The lowest BCUT2D eigenvalue weighted by Crippen LogP contribution is -2.32. The highest BCUT2D eigenvalue weighted by molar-refractivity contribution is 6.20. The van der Waals surface area contributed by atoms with E-state index in [9.17, 15) is 0 Å². The standard InChI is InChI=1S/C10H14ClNO/c1-8(13)10(11)12-7-9-5-3-2-4-6-9/h2-6,8,10,12-13H,7H2,1H3/t8-,10?/m0/s1. The Kier molecular flexibility index (Phi) is 4.22. The summed E-state index contributed by atoms with van der Waals surface area (Å²) in [5.41, 5.74) is 0.772. The maximum atomic E-state index is 9.10. The monoisotopic (exact) mass is 199 g/mol. The second kappa shape index (κ2) is 5.22. The lowest BCUT2D eigenvalue weighted by atomic mass is 10.2. The van der Waals surface area contributed by atoms with Crippen molar-refractivity contribution in [2.45, 2.75) is 25.1 Å². The molecule has 1 aromatic rings. The van der Waals surface area contributed by atoms with Gasteiger partial charge in [0.25, 0.3) is 0 Å². The minimum absolute atomic E-state index is 0.389. The van der Waals surface area contributed by atoms with E-state index in [1.807, 2.05) is 30.3 Å². The zero-order valence-electron chi connectivity index (χ0n) is 7.57. The van der Waals surface area contributed by atoms with Crippen molar-refractivity contribution in [3.05, 3.63) is 35.9 Å². The first-order chi connectivity index (χ1) is 6.20. The normalized spacial score (nSPS) is 15.3. The summed E-state index contributed by atoms with van der Waals surface area (Å²) in [5.74, 6) is 0. The van der Waals surface area contributed by atoms with Crippen molar-refractivity contribution in [2.24, 2.45) is 0 Å². The van der Waals surface area contributed by atoms with Crippen LogP contribution in [0.5, 0.6) is 0 Å². The van der Waals surface area contributed by atoms with E-state index in [1.54, 1.807) is 6.92 Å². The van der Waals surface area contributed by atoms with Crippen molar-refractivity contribution in [2.75, 3.05) is 0 Å². The lowest BCUT2D eigenvalue weighted by molar-refractivity contribution is 0.176. The molecule has 0 saturated heterocycles. The molecule has 0 fully saturated rings. The van der Waals surface area contributed by atoms with Crippen molar-refractivity contribution < 1.29 is 5.11 Å². The van der Waals surface area contributed by atoms with Crippen molar-refractivity contribution in [1.29, 1.82) is 0 Å². The highest BCUT2D eigenvalue weighted by Gasteiger charge is 2.09. The van der Waals surface area contributed by atoms with Gasteiger partial charge in [-0.05, 0) is 12.5 Å². The van der Waals surface area contributed by atoms with Crippen LogP contribution in [0.1, 0.15) is 12.5 Å². The number of halogens is 1. The molecule has 0 aliphatic carbocycles. The van der Waals surface area contributed by atoms with Crippen molar-refractivity contribution in [1.82, 2.24) is 5.32 Å². The van der Waals surface area contributed by atoms with Crippen LogP contribution in [0, 0.1) is 0 Å². The number of hydrogen-bond donors (Lipinski definition) is 2. The van der Waals surface area contributed by atoms with Crippen molar-refractivity contribution in [3.8, 4) is 0 Å². The molecule has 2 atom stereocenters. The number of hydrogen-bond acceptors (Lipinski definition) is 2. The first-order valence-electron chi connectivity index (χ1n) is 4.29. The quantitative estimate of drug-likeness (QED) is 0.572. The Balaban J connectivity index is 2.35. The van der Waals surface area contributed by atoms with Crippen LogP contribution >= 0.6 is 11.6 Å². The molecule has 0 saturated carbocycles. The smallest absolute Gasteiger partial charge is 0.109 e. The second-order valence-electron chi connectivity index (χ2n) is 3.01. The molecule has 13 heavy (non-hydrogen) atoms. The van der Waals surface area contributed by atoms with E-state index in [0.717, 1.165) is 5.56 Å². The van der Waals surface area contributed by atoms with E-state index >= 15 is 0 Å². The van der Waals surface area contributed by atoms with Gasteiger partial charge in [-0.1, -0.05) is 30.3 Å². The number of benzene rings is 1. The van der Waals surface area contributed by atoms with Crippen LogP contribution in [0.4, 0.5) is 0 Å². The number of alkyl halides is 1. The summed E-state index contributed by atoms with van der Waals surface area (Å²) in [5, 5.41) is 12.1. The highest BCUT2D eigenvalue weighted by atomic mass is 35.5. The van der Waals surface area contributed by atoms with Gasteiger partial charge in [0.2, 0.25) is 0 Å². The van der Waals surface area contributed by atoms with Crippen LogP contribution in [0.2, 0.25) is 0 Å². The van der Waals surface area contributed by atoms with Gasteiger partial charge in [-0.3, -0.25) is 5.32 Å². The minimum atomic E-state index is -0.537. The number of nitrogens with one attached hydrogen (secondary N) is 1. The van der Waals surface area contributed by atoms with E-state index in [2.05, 4.69) is 5.32 Å². The molecule has 0 spiro atoms. The third-order valence-corrected chi connectivity index (χ3v) is 2.29. The largest absolute Gasteiger partial charge is 0.390 e. The van der Waals surface area contributed by atoms with Gasteiger partial charge in [-0.25, -0.2) is 0 Å². The molecule has 0 heterocycles. The van der Waals surface area contributed by atoms with Gasteiger partial charge in [-0.2, -0.15) is 0 Å². The molecule has 0 aliphatic heterocycles. The fourth-order valence-electron chi connectivity index (χ4n) is 0.982. The summed E-state index contributed by atoms with van der Waals surface area (Å²) < 4.78 is 0. The van der Waals surface area contributed by atoms with Crippen LogP contribution in [0.15, 0.2) is 30.3 Å². The molecule has 3 heteroatoms. The Morgan fingerprint density at radius 3 is 2.54 bits per heavy atom. The topological polar surface area (TPSA) is 32.3 Å². The van der Waals surface area contributed by atoms with Crippen LogP contribution < -0.4 is 5.32 Å². The predicted molar refractivity (Wildman–Crippen MR) is 54.6 cm³/mol. The molecule has 0 radical (unpaired) electrons. The Morgan fingerprint density at radius 1 is 1.38 bits per heavy atom. The molecule has 0 bridgehead atoms. The van der Waals surface area contributed by atoms with Gasteiger partial charge in [0.1, 0.15) is 5.50 Å². The molecule has 1 unspecified atom stereocenters. The molecular formula is C10H14ClNO. The van der Waals surface area contributed by atoms with Gasteiger partial charge in [0.15, 0.2) is 0 Å². The predicted octanol–water partition coefficient (Wildman–Crippen LogP) is 1.72. The maximum absolute atomic E-state index is 9.10. The summed E-state index contributed by atoms with van der Waals surface area (Å²) in [6.07, 6.45) is -0.537. The molecule has 0 amide bonds. The molecule has 1 rings (SSSR count). The van der Waals surface area contributed by atoms with E-state index in [0.29, 0.717) is 6.54 Å². The summed E-state index contributed by atoms with van der Waals surface area (Å²) in [6.45, 7) is 2.34. The first kappa shape index (κ1) is 10.5. The molecule has 1 aromatic carbocycles. The van der Waals surface area contributed by atoms with Gasteiger partial charge in [0.05, 0.1) is 6.10 Å². The second-order valence-corrected chi connectivity index (χ2v) is 3.48. The van der Waals surface area contributed by atoms with Gasteiger partial charge in [-0.15, -0.1) is 11.6 Å². The summed E-state index contributed by atoms with van der Waals surface area (Å²) >= 11 is 5.80. The Bertz CT molecular complexity index is 238. The van der Waals surface area contributed by atoms with Crippen LogP contribution in [0.25, 0.3) is 0 Å². The molecule has 72 valence electrons. The number of aliphatic hydroxyl groups excluding tert-OH is 1. The molecular weight excluding hydrogens is 186 g/mol.